The van der Waals surface area contributed by atoms with Gasteiger partial charge in [0.05, 0.1) is 28.1 Å². The maximum Gasteiger partial charge on any atom is 0.338 e. The number of hydrogen-bond donors (Lipinski definition) is 0. The predicted octanol–water partition coefficient (Wildman–Crippen LogP) is 5.96. The van der Waals surface area contributed by atoms with E-state index in [4.69, 9.17) is 27.9 Å². The highest BCUT2D eigenvalue weighted by molar-refractivity contribution is 6.36. The zero-order valence-electron chi connectivity index (χ0n) is 20.2. The number of benzene rings is 3. The largest absolute Gasteiger partial charge is 0.454 e. The summed E-state index contributed by atoms with van der Waals surface area (Å²) in [6.45, 7) is -0.514. The van der Waals surface area contributed by atoms with Gasteiger partial charge in [0.15, 0.2) is 6.61 Å². The van der Waals surface area contributed by atoms with Crippen LogP contribution in [0.2, 0.25) is 10.0 Å². The number of rotatable bonds is 6. The van der Waals surface area contributed by atoms with Crippen molar-refractivity contribution in [2.75, 3.05) is 11.5 Å². The Labute approximate surface area is 229 Å². The summed E-state index contributed by atoms with van der Waals surface area (Å²) in [7, 11) is 0. The number of esters is 1. The van der Waals surface area contributed by atoms with Crippen LogP contribution >= 0.6 is 23.2 Å². The fourth-order valence-electron chi connectivity index (χ4n) is 6.58. The lowest BCUT2D eigenvalue weighted by Crippen LogP contribution is -2.33. The van der Waals surface area contributed by atoms with Crippen molar-refractivity contribution in [1.82, 2.24) is 0 Å². The van der Waals surface area contributed by atoms with Crippen molar-refractivity contribution in [2.45, 2.75) is 18.8 Å². The molecule has 3 aromatic carbocycles. The van der Waals surface area contributed by atoms with Gasteiger partial charge in [-0.05, 0) is 72.6 Å². The summed E-state index contributed by atoms with van der Waals surface area (Å²) in [6.07, 6.45) is 1.79. The van der Waals surface area contributed by atoms with Gasteiger partial charge in [0.25, 0.3) is 0 Å². The van der Waals surface area contributed by atoms with Crippen LogP contribution in [0.15, 0.2) is 72.8 Å². The molecule has 192 valence electrons. The number of amides is 2. The van der Waals surface area contributed by atoms with Crippen LogP contribution in [0, 0.1) is 23.7 Å². The fraction of sp³-hybridized carbons (Fsp3) is 0.267. The highest BCUT2D eigenvalue weighted by atomic mass is 35.5. The van der Waals surface area contributed by atoms with E-state index in [9.17, 15) is 19.2 Å². The molecule has 6 nitrogen and oxygen atoms in total. The van der Waals surface area contributed by atoms with Crippen molar-refractivity contribution in [3.8, 4) is 0 Å². The van der Waals surface area contributed by atoms with Gasteiger partial charge in [0.1, 0.15) is 0 Å². The quantitative estimate of drug-likeness (QED) is 0.216. The van der Waals surface area contributed by atoms with E-state index < -0.39 is 18.4 Å². The molecule has 3 aromatic rings. The van der Waals surface area contributed by atoms with E-state index >= 15 is 0 Å². The molecule has 0 spiro atoms. The number of imide groups is 1. The van der Waals surface area contributed by atoms with Crippen LogP contribution in [0.5, 0.6) is 0 Å². The second-order valence-corrected chi connectivity index (χ2v) is 11.0. The second kappa shape index (κ2) is 9.68. The third kappa shape index (κ3) is 4.12. The summed E-state index contributed by atoms with van der Waals surface area (Å²) in [5.74, 6) is -1.70. The summed E-state index contributed by atoms with van der Waals surface area (Å²) >= 11 is 11.9. The van der Waals surface area contributed by atoms with Crippen LogP contribution in [0.25, 0.3) is 0 Å². The molecule has 0 N–H and O–H groups in total. The van der Waals surface area contributed by atoms with E-state index in [1.165, 1.54) is 40.8 Å². The van der Waals surface area contributed by atoms with Crippen LogP contribution in [-0.2, 0) is 14.3 Å². The SMILES string of the molecule is O=C(OCC(=O)c1ccc(Cl)cc1Cl)c1cccc(N2C(=O)[C@@H]3[C@@H]4C[C@@H]([C@@H]3C2=O)[C@@H](c2ccccc2)C4)c1. The van der Waals surface area contributed by atoms with Crippen LogP contribution in [-0.4, -0.2) is 30.2 Å². The van der Waals surface area contributed by atoms with Crippen molar-refractivity contribution in [1.29, 1.82) is 0 Å². The van der Waals surface area contributed by atoms with Gasteiger partial charge in [-0.3, -0.25) is 19.3 Å². The smallest absolute Gasteiger partial charge is 0.338 e. The summed E-state index contributed by atoms with van der Waals surface area (Å²) in [4.78, 5) is 53.5. The van der Waals surface area contributed by atoms with Gasteiger partial charge in [-0.15, -0.1) is 0 Å². The van der Waals surface area contributed by atoms with Crippen LogP contribution in [0.1, 0.15) is 45.0 Å². The van der Waals surface area contributed by atoms with E-state index in [0.29, 0.717) is 10.7 Å². The summed E-state index contributed by atoms with van der Waals surface area (Å²) in [5, 5.41) is 0.555. The van der Waals surface area contributed by atoms with Gasteiger partial charge in [-0.25, -0.2) is 4.79 Å². The molecule has 5 atom stereocenters. The number of carbonyl (C=O) groups excluding carboxylic acids is 4. The predicted molar refractivity (Wildman–Crippen MR) is 142 cm³/mol. The van der Waals surface area contributed by atoms with E-state index in [2.05, 4.69) is 12.1 Å². The number of Topliss-reactive ketones (excluding diaryl/α,β-unsaturated/α-hetero) is 1. The number of carbonyl (C=O) groups is 4. The van der Waals surface area contributed by atoms with Crippen molar-refractivity contribution in [3.05, 3.63) is 99.5 Å². The Bertz CT molecular complexity index is 1470. The molecule has 1 aliphatic heterocycles. The molecule has 1 saturated heterocycles. The number of anilines is 1. The van der Waals surface area contributed by atoms with Gasteiger partial charge < -0.3 is 4.74 Å². The maximum absolute atomic E-state index is 13.6. The van der Waals surface area contributed by atoms with E-state index in [0.717, 1.165) is 12.8 Å². The molecule has 3 aliphatic rings. The topological polar surface area (TPSA) is 80.8 Å². The third-order valence-electron chi connectivity index (χ3n) is 8.15. The monoisotopic (exact) mass is 547 g/mol. The van der Waals surface area contributed by atoms with E-state index in [1.807, 2.05) is 18.2 Å². The molecule has 1 heterocycles. The standard InChI is InChI=1S/C30H23Cl2NO5/c31-19-9-10-21(24(32)14-19)25(34)15-38-30(37)17-7-4-8-20(11-17)33-28(35)26-18-12-22(16-5-2-1-3-6-16)23(13-18)27(26)29(33)36/h1-11,14,18,22-23,26-27H,12-13,15H2/t18-,22+,23+,26+,27-/m0/s1. The molecular weight excluding hydrogens is 525 g/mol. The number of hydrogen-bond acceptors (Lipinski definition) is 5. The molecule has 38 heavy (non-hydrogen) atoms. The lowest BCUT2D eigenvalue weighted by Gasteiger charge is -2.28. The van der Waals surface area contributed by atoms with Gasteiger partial charge in [0, 0.05) is 10.6 Å². The first kappa shape index (κ1) is 24.8. The molecule has 2 saturated carbocycles. The molecule has 2 aliphatic carbocycles. The summed E-state index contributed by atoms with van der Waals surface area (Å²) in [6, 6.07) is 20.9. The van der Waals surface area contributed by atoms with Crippen molar-refractivity contribution < 1.29 is 23.9 Å². The fourth-order valence-corrected chi connectivity index (χ4v) is 7.09. The molecular formula is C30H23Cl2NO5. The molecule has 0 radical (unpaired) electrons. The Morgan fingerprint density at radius 2 is 1.63 bits per heavy atom. The van der Waals surface area contributed by atoms with E-state index in [-0.39, 0.29) is 57.6 Å². The lowest BCUT2D eigenvalue weighted by atomic mass is 9.73. The molecule has 0 aromatic heterocycles. The lowest BCUT2D eigenvalue weighted by molar-refractivity contribution is -0.123. The van der Waals surface area contributed by atoms with Crippen LogP contribution in [0.3, 0.4) is 0 Å². The number of nitrogens with zero attached hydrogens (tertiary/aromatic N) is 1. The Kier molecular flexibility index (Phi) is 6.33. The Morgan fingerprint density at radius 1 is 0.868 bits per heavy atom. The first-order valence-corrected chi connectivity index (χ1v) is 13.3. The first-order valence-electron chi connectivity index (χ1n) is 12.5. The Hall–Kier alpha value is -3.48. The Morgan fingerprint density at radius 3 is 2.39 bits per heavy atom. The second-order valence-electron chi connectivity index (χ2n) is 10.1. The van der Waals surface area contributed by atoms with Gasteiger partial charge >= 0.3 is 5.97 Å². The van der Waals surface area contributed by atoms with Crippen molar-refractivity contribution in [3.63, 3.8) is 0 Å². The van der Waals surface area contributed by atoms with Crippen LogP contribution < -0.4 is 4.90 Å². The minimum absolute atomic E-state index is 0.132. The first-order chi connectivity index (χ1) is 18.3. The van der Waals surface area contributed by atoms with Crippen molar-refractivity contribution >= 4 is 52.5 Å². The third-order valence-corrected chi connectivity index (χ3v) is 8.70. The zero-order chi connectivity index (χ0) is 26.6. The van der Waals surface area contributed by atoms with Gasteiger partial charge in [-0.2, -0.15) is 0 Å². The summed E-state index contributed by atoms with van der Waals surface area (Å²) in [5.41, 5.74) is 1.89. The number of ether oxygens (including phenoxy) is 1. The van der Waals surface area contributed by atoms with Crippen LogP contribution in [0.4, 0.5) is 5.69 Å². The zero-order valence-corrected chi connectivity index (χ0v) is 21.7. The molecule has 6 rings (SSSR count). The molecule has 2 amide bonds. The highest BCUT2D eigenvalue weighted by Crippen LogP contribution is 2.61. The maximum atomic E-state index is 13.6. The molecule has 3 fully saturated rings. The van der Waals surface area contributed by atoms with Gasteiger partial charge in [-0.1, -0.05) is 59.6 Å². The minimum Gasteiger partial charge on any atom is -0.454 e. The molecule has 0 unspecified atom stereocenters. The Balaban J connectivity index is 1.18. The average molecular weight is 548 g/mol. The highest BCUT2D eigenvalue weighted by Gasteiger charge is 2.64. The van der Waals surface area contributed by atoms with E-state index in [1.54, 1.807) is 12.1 Å². The molecule has 8 heteroatoms. The number of halogens is 2. The molecule has 2 bridgehead atoms. The summed E-state index contributed by atoms with van der Waals surface area (Å²) < 4.78 is 5.21. The number of fused-ring (bicyclic) bond motifs is 5. The normalized spacial score (nSPS) is 25.5. The van der Waals surface area contributed by atoms with Gasteiger partial charge in [0.2, 0.25) is 17.6 Å². The average Bonchev–Trinajstić information content (AvgIpc) is 3.59. The number of ketones is 1. The minimum atomic E-state index is -0.742. The van der Waals surface area contributed by atoms with Crippen molar-refractivity contribution in [2.24, 2.45) is 23.7 Å².